The van der Waals surface area contributed by atoms with E-state index in [-0.39, 0.29) is 12.3 Å². The summed E-state index contributed by atoms with van der Waals surface area (Å²) in [5.74, 6) is 0.340. The van der Waals surface area contributed by atoms with Gasteiger partial charge in [-0.25, -0.2) is 4.79 Å². The maximum Gasteiger partial charge on any atom is 0.330 e. The monoisotopic (exact) mass is 329 g/mol. The second-order valence-corrected chi connectivity index (χ2v) is 6.41. The number of hydrogen-bond donors (Lipinski definition) is 2. The molecule has 0 bridgehead atoms. The van der Waals surface area contributed by atoms with Crippen LogP contribution in [0, 0.1) is 0 Å². The van der Waals surface area contributed by atoms with Gasteiger partial charge in [-0.05, 0) is 30.4 Å². The number of halogens is 1. The fourth-order valence-corrected chi connectivity index (χ4v) is 3.78. The van der Waals surface area contributed by atoms with E-state index in [0.29, 0.717) is 28.5 Å². The summed E-state index contributed by atoms with van der Waals surface area (Å²) in [4.78, 5) is 23.6. The Hall–Kier alpha value is -1.40. The lowest BCUT2D eigenvalue weighted by molar-refractivity contribution is -0.146. The van der Waals surface area contributed by atoms with Crippen LogP contribution in [0.15, 0.2) is 18.2 Å². The molecule has 114 valence electrons. The minimum absolute atomic E-state index is 0.0312. The first-order chi connectivity index (χ1) is 9.97. The molecule has 0 spiro atoms. The van der Waals surface area contributed by atoms with Crippen LogP contribution in [0.25, 0.3) is 0 Å². The lowest BCUT2D eigenvalue weighted by atomic mass is 9.98. The molecule has 1 aliphatic rings. The molecular formula is C14H16ClNO4S. The van der Waals surface area contributed by atoms with Gasteiger partial charge in [0.2, 0.25) is 5.91 Å². The Bertz CT molecular complexity index is 558. The number of carboxylic acids is 1. The maximum absolute atomic E-state index is 12.2. The van der Waals surface area contributed by atoms with Crippen LogP contribution < -0.4 is 10.1 Å². The first-order valence-electron chi connectivity index (χ1n) is 6.41. The molecule has 21 heavy (non-hydrogen) atoms. The van der Waals surface area contributed by atoms with Crippen molar-refractivity contribution >= 4 is 35.2 Å². The number of ether oxygens (including phenoxy) is 1. The van der Waals surface area contributed by atoms with E-state index in [4.69, 9.17) is 16.3 Å². The fraction of sp³-hybridized carbons (Fsp3) is 0.429. The zero-order valence-corrected chi connectivity index (χ0v) is 13.1. The van der Waals surface area contributed by atoms with E-state index in [1.165, 1.54) is 18.9 Å². The third-order valence-electron chi connectivity index (χ3n) is 3.40. The molecule has 1 amide bonds. The Labute approximate surface area is 132 Å². The lowest BCUT2D eigenvalue weighted by Crippen LogP contribution is -2.55. The van der Waals surface area contributed by atoms with Crippen LogP contribution in [0.4, 0.5) is 0 Å². The normalized spacial score (nSPS) is 21.0. The van der Waals surface area contributed by atoms with Gasteiger partial charge < -0.3 is 15.2 Å². The van der Waals surface area contributed by atoms with E-state index in [1.54, 1.807) is 18.2 Å². The quantitative estimate of drug-likeness (QED) is 0.863. The highest BCUT2D eigenvalue weighted by atomic mass is 35.5. The standard InChI is InChI=1S/C14H16ClNO4S/c1-20-11-3-2-10(15)6-9(11)7-12(17)16-14(13(18)19)4-5-21-8-14/h2-3,6H,4-5,7-8H2,1H3,(H,16,17)(H,18,19)/t14-/m0/s1. The molecular weight excluding hydrogens is 314 g/mol. The van der Waals surface area contributed by atoms with Crippen LogP contribution in [-0.2, 0) is 16.0 Å². The molecule has 1 aliphatic heterocycles. The average molecular weight is 330 g/mol. The van der Waals surface area contributed by atoms with E-state index >= 15 is 0 Å². The smallest absolute Gasteiger partial charge is 0.330 e. The summed E-state index contributed by atoms with van der Waals surface area (Å²) in [5, 5.41) is 12.5. The zero-order valence-electron chi connectivity index (χ0n) is 11.5. The molecule has 0 saturated carbocycles. The summed E-state index contributed by atoms with van der Waals surface area (Å²) >= 11 is 7.45. The second-order valence-electron chi connectivity index (χ2n) is 4.87. The topological polar surface area (TPSA) is 75.6 Å². The molecule has 0 radical (unpaired) electrons. The summed E-state index contributed by atoms with van der Waals surface area (Å²) in [6, 6.07) is 5.01. The molecule has 1 atom stereocenters. The van der Waals surface area contributed by atoms with Gasteiger partial charge in [-0.15, -0.1) is 0 Å². The molecule has 2 N–H and O–H groups in total. The van der Waals surface area contributed by atoms with Crippen molar-refractivity contribution in [3.05, 3.63) is 28.8 Å². The van der Waals surface area contributed by atoms with Gasteiger partial charge in [-0.1, -0.05) is 11.6 Å². The van der Waals surface area contributed by atoms with Crippen molar-refractivity contribution in [2.75, 3.05) is 18.6 Å². The minimum Gasteiger partial charge on any atom is -0.496 e. The maximum atomic E-state index is 12.2. The van der Waals surface area contributed by atoms with Gasteiger partial charge in [0.05, 0.1) is 13.5 Å². The summed E-state index contributed by atoms with van der Waals surface area (Å²) < 4.78 is 5.18. The number of benzene rings is 1. The average Bonchev–Trinajstić information content (AvgIpc) is 2.88. The number of carbonyl (C=O) groups is 2. The zero-order chi connectivity index (χ0) is 15.5. The van der Waals surface area contributed by atoms with Crippen molar-refractivity contribution in [3.8, 4) is 5.75 Å². The third-order valence-corrected chi connectivity index (χ3v) is 4.83. The van der Waals surface area contributed by atoms with Gasteiger partial charge in [0.25, 0.3) is 0 Å². The molecule has 0 unspecified atom stereocenters. The number of amides is 1. The molecule has 1 saturated heterocycles. The summed E-state index contributed by atoms with van der Waals surface area (Å²) in [5.41, 5.74) is -0.526. The van der Waals surface area contributed by atoms with Crippen LogP contribution in [0.3, 0.4) is 0 Å². The first-order valence-corrected chi connectivity index (χ1v) is 7.95. The summed E-state index contributed by atoms with van der Waals surface area (Å²) in [6.45, 7) is 0. The third kappa shape index (κ3) is 3.63. The molecule has 5 nitrogen and oxygen atoms in total. The Morgan fingerprint density at radius 3 is 2.86 bits per heavy atom. The number of hydrogen-bond acceptors (Lipinski definition) is 4. The Morgan fingerprint density at radius 1 is 1.52 bits per heavy atom. The second kappa shape index (κ2) is 6.58. The van der Waals surface area contributed by atoms with Gasteiger partial charge in [-0.2, -0.15) is 11.8 Å². The number of thioether (sulfide) groups is 1. The van der Waals surface area contributed by atoms with E-state index in [0.717, 1.165) is 5.75 Å². The molecule has 0 aromatic heterocycles. The van der Waals surface area contributed by atoms with Crippen molar-refractivity contribution in [3.63, 3.8) is 0 Å². The number of rotatable bonds is 5. The molecule has 1 aromatic carbocycles. The van der Waals surface area contributed by atoms with E-state index in [1.807, 2.05) is 0 Å². The van der Waals surface area contributed by atoms with E-state index < -0.39 is 11.5 Å². The van der Waals surface area contributed by atoms with Crippen LogP contribution >= 0.6 is 23.4 Å². The van der Waals surface area contributed by atoms with Crippen molar-refractivity contribution in [2.45, 2.75) is 18.4 Å². The highest BCUT2D eigenvalue weighted by Gasteiger charge is 2.43. The molecule has 1 heterocycles. The number of carboxylic acid groups (broad SMARTS) is 1. The van der Waals surface area contributed by atoms with E-state index in [2.05, 4.69) is 5.32 Å². The van der Waals surface area contributed by atoms with Crippen molar-refractivity contribution in [1.29, 1.82) is 0 Å². The largest absolute Gasteiger partial charge is 0.496 e. The SMILES string of the molecule is COc1ccc(Cl)cc1CC(=O)N[C@@]1(C(=O)O)CCSC1. The fourth-order valence-electron chi connectivity index (χ4n) is 2.26. The van der Waals surface area contributed by atoms with Gasteiger partial charge in [0.1, 0.15) is 11.3 Å². The van der Waals surface area contributed by atoms with Crippen molar-refractivity contribution in [1.82, 2.24) is 5.32 Å². The van der Waals surface area contributed by atoms with E-state index in [9.17, 15) is 14.7 Å². The molecule has 7 heteroatoms. The predicted molar refractivity (Wildman–Crippen MR) is 82.2 cm³/mol. The minimum atomic E-state index is -1.16. The highest BCUT2D eigenvalue weighted by Crippen LogP contribution is 2.29. The van der Waals surface area contributed by atoms with Crippen LogP contribution in [0.5, 0.6) is 5.75 Å². The number of nitrogens with one attached hydrogen (secondary N) is 1. The lowest BCUT2D eigenvalue weighted by Gasteiger charge is -2.24. The summed E-state index contributed by atoms with van der Waals surface area (Å²) in [7, 11) is 1.51. The van der Waals surface area contributed by atoms with Crippen LogP contribution in [0.1, 0.15) is 12.0 Å². The van der Waals surface area contributed by atoms with Crippen molar-refractivity contribution < 1.29 is 19.4 Å². The van der Waals surface area contributed by atoms with Crippen molar-refractivity contribution in [2.24, 2.45) is 0 Å². The van der Waals surface area contributed by atoms with Crippen LogP contribution in [0.2, 0.25) is 5.02 Å². The Morgan fingerprint density at radius 2 is 2.29 bits per heavy atom. The van der Waals surface area contributed by atoms with Crippen LogP contribution in [-0.4, -0.2) is 41.1 Å². The number of carbonyl (C=O) groups excluding carboxylic acids is 1. The van der Waals surface area contributed by atoms with Gasteiger partial charge in [0, 0.05) is 16.3 Å². The number of aliphatic carboxylic acids is 1. The highest BCUT2D eigenvalue weighted by molar-refractivity contribution is 7.99. The molecule has 1 aromatic rings. The Kier molecular flexibility index (Phi) is 5.00. The van der Waals surface area contributed by atoms with Gasteiger partial charge in [-0.3, -0.25) is 4.79 Å². The Balaban J connectivity index is 2.11. The number of methoxy groups -OCH3 is 1. The molecule has 1 fully saturated rings. The summed E-state index contributed by atoms with van der Waals surface area (Å²) in [6.07, 6.45) is 0.467. The molecule has 2 rings (SSSR count). The molecule has 0 aliphatic carbocycles. The predicted octanol–water partition coefficient (Wildman–Crippen LogP) is 1.97. The van der Waals surface area contributed by atoms with Gasteiger partial charge >= 0.3 is 5.97 Å². The van der Waals surface area contributed by atoms with Gasteiger partial charge in [0.15, 0.2) is 0 Å². The first kappa shape index (κ1) is 16.0.